The lowest BCUT2D eigenvalue weighted by molar-refractivity contribution is -0.870. The summed E-state index contributed by atoms with van der Waals surface area (Å²) in [6, 6.07) is -0.867. The summed E-state index contributed by atoms with van der Waals surface area (Å²) in [6.07, 6.45) is 58.1. The van der Waals surface area contributed by atoms with E-state index in [4.69, 9.17) is 9.05 Å². The molecule has 0 heterocycles. The van der Waals surface area contributed by atoms with Gasteiger partial charge in [0.2, 0.25) is 5.91 Å². The van der Waals surface area contributed by atoms with E-state index < -0.39 is 20.0 Å². The summed E-state index contributed by atoms with van der Waals surface area (Å²) in [7, 11) is 1.55. The maximum Gasteiger partial charge on any atom is 0.472 e. The Morgan fingerprint density at radius 3 is 1.27 bits per heavy atom. The van der Waals surface area contributed by atoms with Gasteiger partial charge >= 0.3 is 7.82 Å². The van der Waals surface area contributed by atoms with E-state index in [-0.39, 0.29) is 19.1 Å². The predicted molar refractivity (Wildman–Crippen MR) is 272 cm³/mol. The normalized spacial score (nSPS) is 14.3. The molecule has 0 saturated heterocycles. The molecule has 8 nitrogen and oxygen atoms in total. The first-order valence-electron chi connectivity index (χ1n) is 26.9. The zero-order valence-corrected chi connectivity index (χ0v) is 43.2. The van der Waals surface area contributed by atoms with Crippen LogP contribution in [0.25, 0.3) is 0 Å². The molecule has 0 spiro atoms. The van der Waals surface area contributed by atoms with E-state index >= 15 is 0 Å². The van der Waals surface area contributed by atoms with Crippen molar-refractivity contribution in [3.8, 4) is 0 Å². The van der Waals surface area contributed by atoms with E-state index in [0.717, 1.165) is 44.9 Å². The number of unbranched alkanes of at least 4 members (excludes halogenated alkanes) is 32. The van der Waals surface area contributed by atoms with Crippen LogP contribution in [0.4, 0.5) is 0 Å². The molecule has 0 radical (unpaired) electrons. The van der Waals surface area contributed by atoms with Crippen LogP contribution in [0.1, 0.15) is 251 Å². The Bertz CT molecular complexity index is 1120. The SMILES string of the molecule is CCCCCCCCCCCCCCCCC/C=C/CC/C=C/CC/C=C/C(O)C(COP(=O)(O)OCC[N+](C)(C)C)NC(=O)CCCCCCCCCCCCCCCCCC. The van der Waals surface area contributed by atoms with Gasteiger partial charge in [0.05, 0.1) is 39.9 Å². The Morgan fingerprint density at radius 1 is 0.524 bits per heavy atom. The van der Waals surface area contributed by atoms with Crippen molar-refractivity contribution in [1.29, 1.82) is 0 Å². The zero-order valence-electron chi connectivity index (χ0n) is 42.3. The number of amides is 1. The molecule has 0 aliphatic heterocycles. The third-order valence-corrected chi connectivity index (χ3v) is 13.1. The highest BCUT2D eigenvalue weighted by molar-refractivity contribution is 7.47. The van der Waals surface area contributed by atoms with Crippen LogP contribution >= 0.6 is 7.82 Å². The van der Waals surface area contributed by atoms with Crippen molar-refractivity contribution in [2.75, 3.05) is 40.9 Å². The van der Waals surface area contributed by atoms with Gasteiger partial charge in [-0.25, -0.2) is 4.57 Å². The average Bonchev–Trinajstić information content (AvgIpc) is 3.24. The Morgan fingerprint density at radius 2 is 0.873 bits per heavy atom. The number of aliphatic hydroxyl groups is 1. The van der Waals surface area contributed by atoms with Crippen LogP contribution < -0.4 is 5.32 Å². The molecule has 0 bridgehead atoms. The number of nitrogens with one attached hydrogen (secondary N) is 1. The largest absolute Gasteiger partial charge is 0.472 e. The van der Waals surface area contributed by atoms with Crippen molar-refractivity contribution in [3.63, 3.8) is 0 Å². The minimum absolute atomic E-state index is 0.0549. The summed E-state index contributed by atoms with van der Waals surface area (Å²) in [6.45, 7) is 4.81. The zero-order chi connectivity index (χ0) is 46.4. The number of nitrogens with zero attached hydrogens (tertiary/aromatic N) is 1. The Hall–Kier alpha value is -1.28. The van der Waals surface area contributed by atoms with Gasteiger partial charge in [0.15, 0.2) is 0 Å². The van der Waals surface area contributed by atoms with Crippen LogP contribution in [0.15, 0.2) is 36.5 Å². The van der Waals surface area contributed by atoms with Crippen molar-refractivity contribution in [2.24, 2.45) is 0 Å². The second kappa shape index (κ2) is 45.9. The molecule has 0 saturated carbocycles. The molecule has 372 valence electrons. The van der Waals surface area contributed by atoms with Crippen LogP contribution in [-0.2, 0) is 18.4 Å². The van der Waals surface area contributed by atoms with Gasteiger partial charge < -0.3 is 19.8 Å². The fourth-order valence-corrected chi connectivity index (χ4v) is 8.58. The van der Waals surface area contributed by atoms with Gasteiger partial charge in [0.1, 0.15) is 13.2 Å². The summed E-state index contributed by atoms with van der Waals surface area (Å²) >= 11 is 0. The van der Waals surface area contributed by atoms with Crippen LogP contribution in [0.3, 0.4) is 0 Å². The Balaban J connectivity index is 4.32. The van der Waals surface area contributed by atoms with Gasteiger partial charge in [0.25, 0.3) is 0 Å². The molecule has 0 aliphatic carbocycles. The molecule has 63 heavy (non-hydrogen) atoms. The molecule has 3 N–H and O–H groups in total. The van der Waals surface area contributed by atoms with Crippen molar-refractivity contribution in [2.45, 2.75) is 264 Å². The molecular weight excluding hydrogens is 804 g/mol. The smallest absolute Gasteiger partial charge is 0.387 e. The van der Waals surface area contributed by atoms with Crippen LogP contribution in [-0.4, -0.2) is 73.4 Å². The number of phosphoric ester groups is 1. The first-order chi connectivity index (χ1) is 30.5. The maximum atomic E-state index is 12.9. The summed E-state index contributed by atoms with van der Waals surface area (Å²) in [5, 5.41) is 13.9. The second-order valence-corrected chi connectivity index (χ2v) is 21.0. The number of phosphoric acid groups is 1. The molecule has 0 aromatic carbocycles. The number of aliphatic hydroxyl groups excluding tert-OH is 1. The number of likely N-dealkylation sites (N-methyl/N-ethyl adjacent to an activating group) is 1. The van der Waals surface area contributed by atoms with Gasteiger partial charge in [0, 0.05) is 6.42 Å². The molecule has 0 rings (SSSR count). The summed E-state index contributed by atoms with van der Waals surface area (Å²) in [4.78, 5) is 23.2. The van der Waals surface area contributed by atoms with Crippen LogP contribution in [0.5, 0.6) is 0 Å². The molecule has 0 fully saturated rings. The Kier molecular flexibility index (Phi) is 44.9. The number of hydrogen-bond donors (Lipinski definition) is 3. The second-order valence-electron chi connectivity index (χ2n) is 19.6. The van der Waals surface area contributed by atoms with Crippen molar-refractivity contribution >= 4 is 13.7 Å². The highest BCUT2D eigenvalue weighted by Gasteiger charge is 2.27. The van der Waals surface area contributed by atoms with E-state index in [0.29, 0.717) is 17.4 Å². The lowest BCUT2D eigenvalue weighted by Gasteiger charge is -2.25. The fraction of sp³-hybridized carbons (Fsp3) is 0.870. The molecule has 3 atom stereocenters. The van der Waals surface area contributed by atoms with Gasteiger partial charge in [-0.1, -0.05) is 237 Å². The summed E-state index contributed by atoms with van der Waals surface area (Å²) in [5.74, 6) is -0.188. The van der Waals surface area contributed by atoms with Crippen molar-refractivity contribution < 1.29 is 32.9 Å². The lowest BCUT2D eigenvalue weighted by Crippen LogP contribution is -2.45. The fourth-order valence-electron chi connectivity index (χ4n) is 7.84. The minimum atomic E-state index is -4.35. The molecule has 0 aromatic rings. The lowest BCUT2D eigenvalue weighted by atomic mass is 10.0. The van der Waals surface area contributed by atoms with Crippen molar-refractivity contribution in [1.82, 2.24) is 5.32 Å². The number of carbonyl (C=O) groups excluding carboxylic acids is 1. The number of hydrogen-bond acceptors (Lipinski definition) is 5. The maximum absolute atomic E-state index is 12.9. The third kappa shape index (κ3) is 48.5. The van der Waals surface area contributed by atoms with E-state index in [9.17, 15) is 19.4 Å². The quantitative estimate of drug-likeness (QED) is 0.0243. The van der Waals surface area contributed by atoms with Gasteiger partial charge in [-0.2, -0.15) is 0 Å². The van der Waals surface area contributed by atoms with E-state index in [1.54, 1.807) is 6.08 Å². The molecule has 1 amide bonds. The van der Waals surface area contributed by atoms with Gasteiger partial charge in [-0.05, 0) is 44.9 Å². The molecule has 0 aliphatic rings. The highest BCUT2D eigenvalue weighted by Crippen LogP contribution is 2.43. The van der Waals surface area contributed by atoms with Gasteiger partial charge in [-0.3, -0.25) is 13.8 Å². The molecular formula is C54H106N2O6P+. The summed E-state index contributed by atoms with van der Waals surface area (Å²) in [5.41, 5.74) is 0. The molecule has 3 unspecified atom stereocenters. The first-order valence-corrected chi connectivity index (χ1v) is 28.4. The monoisotopic (exact) mass is 910 g/mol. The predicted octanol–water partition coefficient (Wildman–Crippen LogP) is 15.8. The molecule has 9 heteroatoms. The number of rotatable bonds is 49. The van der Waals surface area contributed by atoms with Crippen molar-refractivity contribution in [3.05, 3.63) is 36.5 Å². The van der Waals surface area contributed by atoms with Crippen LogP contribution in [0, 0.1) is 0 Å². The highest BCUT2D eigenvalue weighted by atomic mass is 31.2. The number of carbonyl (C=O) groups is 1. The number of allylic oxidation sites excluding steroid dienone is 5. The average molecular weight is 910 g/mol. The number of quaternary nitrogens is 1. The van der Waals surface area contributed by atoms with E-state index in [2.05, 4.69) is 43.5 Å². The van der Waals surface area contributed by atoms with E-state index in [1.165, 1.54) is 186 Å². The topological polar surface area (TPSA) is 105 Å². The standard InChI is InChI=1S/C54H105N2O6P/c1-6-8-10-12-14-16-18-20-22-24-25-26-27-28-29-30-31-32-33-35-37-39-41-43-45-47-53(57)52(51-62-63(59,60)61-50-49-56(3,4)5)55-54(58)48-46-44-42-40-38-36-34-23-21-19-17-15-13-11-9-7-2/h31-32,37,39,45,47,52-53,57H,6-30,33-36,38,40-44,46,48-51H2,1-5H3,(H-,55,58,59,60)/p+1/b32-31+,39-37+,47-45+. The van der Waals surface area contributed by atoms with E-state index in [1.807, 2.05) is 27.2 Å². The third-order valence-electron chi connectivity index (χ3n) is 12.1. The molecule has 0 aromatic heterocycles. The Labute approximate surface area is 391 Å². The van der Waals surface area contributed by atoms with Gasteiger partial charge in [-0.15, -0.1) is 0 Å². The van der Waals surface area contributed by atoms with Crippen LogP contribution in [0.2, 0.25) is 0 Å². The first kappa shape index (κ1) is 61.7. The minimum Gasteiger partial charge on any atom is -0.387 e. The summed E-state index contributed by atoms with van der Waals surface area (Å²) < 4.78 is 23.6.